The minimum Gasteiger partial charge on any atom is -0.497 e. The third-order valence-corrected chi connectivity index (χ3v) is 5.22. The van der Waals surface area contributed by atoms with Gasteiger partial charge in [0, 0.05) is 18.2 Å². The molecule has 0 amide bonds. The van der Waals surface area contributed by atoms with E-state index in [0.29, 0.717) is 17.9 Å². The predicted octanol–water partition coefficient (Wildman–Crippen LogP) is 2.54. The van der Waals surface area contributed by atoms with Gasteiger partial charge >= 0.3 is 0 Å². The number of likely N-dealkylation sites (tertiary alicyclic amines) is 1. The van der Waals surface area contributed by atoms with Crippen molar-refractivity contribution in [3.8, 4) is 17.6 Å². The van der Waals surface area contributed by atoms with E-state index in [0.717, 1.165) is 36.4 Å². The monoisotopic (exact) mass is 368 g/mol. The van der Waals surface area contributed by atoms with Crippen LogP contribution in [0.5, 0.6) is 11.5 Å². The standard InChI is InChI=1S/C20H24N4O3/c1-13-14(2)22-24(20(25)17(13)11-21)12-23-9-5-6-18(23)16-10-15(26-3)7-8-19(16)27-4/h7-8,10,18H,5-6,9,12H2,1-4H3/t18-/m0/s1. The number of benzene rings is 1. The molecule has 142 valence electrons. The van der Waals surface area contributed by atoms with Gasteiger partial charge in [0.1, 0.15) is 23.1 Å². The summed E-state index contributed by atoms with van der Waals surface area (Å²) >= 11 is 0. The number of hydrogen-bond acceptors (Lipinski definition) is 6. The first-order valence-corrected chi connectivity index (χ1v) is 8.94. The van der Waals surface area contributed by atoms with E-state index in [2.05, 4.69) is 10.00 Å². The molecular formula is C20H24N4O3. The molecule has 2 aromatic rings. The second-order valence-electron chi connectivity index (χ2n) is 6.72. The molecule has 0 saturated carbocycles. The summed E-state index contributed by atoms with van der Waals surface area (Å²) in [5.41, 5.74) is 2.19. The number of aryl methyl sites for hydroxylation is 1. The molecule has 1 aromatic carbocycles. The molecular weight excluding hydrogens is 344 g/mol. The van der Waals surface area contributed by atoms with Crippen molar-refractivity contribution < 1.29 is 9.47 Å². The Morgan fingerprint density at radius 2 is 2.07 bits per heavy atom. The number of aromatic nitrogens is 2. The predicted molar refractivity (Wildman–Crippen MR) is 101 cm³/mol. The first-order valence-electron chi connectivity index (χ1n) is 8.94. The van der Waals surface area contributed by atoms with Crippen molar-refractivity contribution in [3.63, 3.8) is 0 Å². The highest BCUT2D eigenvalue weighted by molar-refractivity contribution is 5.42. The van der Waals surface area contributed by atoms with Gasteiger partial charge in [-0.05, 0) is 50.5 Å². The normalized spacial score (nSPS) is 16.9. The topological polar surface area (TPSA) is 80.4 Å². The molecule has 3 rings (SSSR count). The number of rotatable bonds is 5. The van der Waals surface area contributed by atoms with E-state index in [1.165, 1.54) is 4.68 Å². The van der Waals surface area contributed by atoms with Gasteiger partial charge in [-0.1, -0.05) is 0 Å². The van der Waals surface area contributed by atoms with Crippen LogP contribution in [0.1, 0.15) is 41.3 Å². The fraction of sp³-hybridized carbons (Fsp3) is 0.450. The summed E-state index contributed by atoms with van der Waals surface area (Å²) in [6.07, 6.45) is 1.96. The van der Waals surface area contributed by atoms with E-state index in [1.807, 2.05) is 31.2 Å². The molecule has 0 unspecified atom stereocenters. The van der Waals surface area contributed by atoms with Crippen LogP contribution in [0.4, 0.5) is 0 Å². The Hall–Kier alpha value is -2.85. The summed E-state index contributed by atoms with van der Waals surface area (Å²) in [5, 5.41) is 13.7. The molecule has 0 bridgehead atoms. The minimum atomic E-state index is -0.344. The van der Waals surface area contributed by atoms with E-state index in [9.17, 15) is 10.1 Å². The van der Waals surface area contributed by atoms with Gasteiger partial charge in [-0.2, -0.15) is 10.4 Å². The van der Waals surface area contributed by atoms with E-state index >= 15 is 0 Å². The van der Waals surface area contributed by atoms with Crippen LogP contribution in [0, 0.1) is 25.2 Å². The lowest BCUT2D eigenvalue weighted by atomic mass is 10.0. The second-order valence-corrected chi connectivity index (χ2v) is 6.72. The Morgan fingerprint density at radius 1 is 1.30 bits per heavy atom. The minimum absolute atomic E-state index is 0.0934. The first-order chi connectivity index (χ1) is 13.0. The van der Waals surface area contributed by atoms with E-state index < -0.39 is 0 Å². The summed E-state index contributed by atoms with van der Waals surface area (Å²) in [6, 6.07) is 7.87. The van der Waals surface area contributed by atoms with E-state index in [-0.39, 0.29) is 17.2 Å². The van der Waals surface area contributed by atoms with Gasteiger partial charge in [-0.3, -0.25) is 9.69 Å². The Morgan fingerprint density at radius 3 is 2.74 bits per heavy atom. The number of nitrogens with zero attached hydrogens (tertiary/aromatic N) is 4. The van der Waals surface area contributed by atoms with E-state index in [4.69, 9.17) is 9.47 Å². The smallest absolute Gasteiger partial charge is 0.286 e. The van der Waals surface area contributed by atoms with Crippen molar-refractivity contribution in [1.82, 2.24) is 14.7 Å². The van der Waals surface area contributed by atoms with E-state index in [1.54, 1.807) is 21.1 Å². The highest BCUT2D eigenvalue weighted by Crippen LogP contribution is 2.38. The average Bonchev–Trinajstić information content (AvgIpc) is 3.14. The number of methoxy groups -OCH3 is 2. The Kier molecular flexibility index (Phi) is 5.47. The quantitative estimate of drug-likeness (QED) is 0.807. The fourth-order valence-corrected chi connectivity index (χ4v) is 3.62. The molecule has 0 N–H and O–H groups in total. The van der Waals surface area contributed by atoms with Gasteiger partial charge < -0.3 is 9.47 Å². The van der Waals surface area contributed by atoms with Crippen LogP contribution in [0.3, 0.4) is 0 Å². The molecule has 27 heavy (non-hydrogen) atoms. The van der Waals surface area contributed by atoms with Crippen LogP contribution in [-0.2, 0) is 6.67 Å². The lowest BCUT2D eigenvalue weighted by molar-refractivity contribution is 0.183. The third kappa shape index (κ3) is 3.53. The van der Waals surface area contributed by atoms with Crippen molar-refractivity contribution in [1.29, 1.82) is 5.26 Å². The van der Waals surface area contributed by atoms with Gasteiger partial charge in [0.05, 0.1) is 26.6 Å². The maximum absolute atomic E-state index is 12.6. The average molecular weight is 368 g/mol. The summed E-state index contributed by atoms with van der Waals surface area (Å²) < 4.78 is 12.3. The highest BCUT2D eigenvalue weighted by Gasteiger charge is 2.29. The zero-order chi connectivity index (χ0) is 19.6. The van der Waals surface area contributed by atoms with Crippen molar-refractivity contribution in [2.45, 2.75) is 39.4 Å². The zero-order valence-corrected chi connectivity index (χ0v) is 16.2. The summed E-state index contributed by atoms with van der Waals surface area (Å²) in [5.74, 6) is 1.57. The second kappa shape index (κ2) is 7.80. The largest absolute Gasteiger partial charge is 0.497 e. The first kappa shape index (κ1) is 18.9. The number of ether oxygens (including phenoxy) is 2. The number of nitriles is 1. The molecule has 1 saturated heterocycles. The van der Waals surface area contributed by atoms with Gasteiger partial charge in [-0.25, -0.2) is 4.68 Å². The molecule has 0 spiro atoms. The number of hydrogen-bond donors (Lipinski definition) is 0. The third-order valence-electron chi connectivity index (χ3n) is 5.22. The molecule has 0 aliphatic carbocycles. The summed E-state index contributed by atoms with van der Waals surface area (Å²) in [6.45, 7) is 4.75. The Bertz CT molecular complexity index is 945. The maximum Gasteiger partial charge on any atom is 0.286 e. The van der Waals surface area contributed by atoms with Crippen LogP contribution in [0.15, 0.2) is 23.0 Å². The molecule has 1 atom stereocenters. The lowest BCUT2D eigenvalue weighted by Crippen LogP contribution is -2.35. The van der Waals surface area contributed by atoms with Crippen molar-refractivity contribution in [3.05, 3.63) is 50.9 Å². The highest BCUT2D eigenvalue weighted by atomic mass is 16.5. The Balaban J connectivity index is 1.97. The molecule has 7 heteroatoms. The van der Waals surface area contributed by atoms with Gasteiger partial charge in [0.25, 0.3) is 5.56 Å². The van der Waals surface area contributed by atoms with Crippen LogP contribution in [-0.4, -0.2) is 35.4 Å². The molecule has 1 aromatic heterocycles. The van der Waals surface area contributed by atoms with Crippen LogP contribution >= 0.6 is 0 Å². The molecule has 1 aliphatic rings. The molecule has 2 heterocycles. The molecule has 1 aliphatic heterocycles. The Labute approximate surface area is 158 Å². The van der Waals surface area contributed by atoms with Gasteiger partial charge in [0.15, 0.2) is 0 Å². The SMILES string of the molecule is COc1ccc(OC)c([C@@H]2CCCN2Cn2nc(C)c(C)c(C#N)c2=O)c1. The van der Waals surface area contributed by atoms with Crippen LogP contribution in [0.25, 0.3) is 0 Å². The summed E-state index contributed by atoms with van der Waals surface area (Å²) in [7, 11) is 3.29. The fourth-order valence-electron chi connectivity index (χ4n) is 3.62. The van der Waals surface area contributed by atoms with Crippen molar-refractivity contribution in [2.24, 2.45) is 0 Å². The van der Waals surface area contributed by atoms with Crippen LogP contribution in [0.2, 0.25) is 0 Å². The van der Waals surface area contributed by atoms with Gasteiger partial charge in [-0.15, -0.1) is 0 Å². The molecule has 7 nitrogen and oxygen atoms in total. The van der Waals surface area contributed by atoms with Gasteiger partial charge in [0.2, 0.25) is 0 Å². The lowest BCUT2D eigenvalue weighted by Gasteiger charge is -2.26. The summed E-state index contributed by atoms with van der Waals surface area (Å²) in [4.78, 5) is 14.8. The van der Waals surface area contributed by atoms with Crippen molar-refractivity contribution in [2.75, 3.05) is 20.8 Å². The maximum atomic E-state index is 12.6. The van der Waals surface area contributed by atoms with Crippen molar-refractivity contribution >= 4 is 0 Å². The zero-order valence-electron chi connectivity index (χ0n) is 16.2. The van der Waals surface area contributed by atoms with Crippen LogP contribution < -0.4 is 15.0 Å². The molecule has 1 fully saturated rings. The molecule has 0 radical (unpaired) electrons.